The van der Waals surface area contributed by atoms with E-state index in [0.717, 1.165) is 18.2 Å². The predicted octanol–water partition coefficient (Wildman–Crippen LogP) is 1.48. The molecule has 23 heavy (non-hydrogen) atoms. The van der Waals surface area contributed by atoms with Gasteiger partial charge in [0, 0.05) is 22.0 Å². The van der Waals surface area contributed by atoms with Crippen LogP contribution in [0.1, 0.15) is 42.0 Å². The highest BCUT2D eigenvalue weighted by Crippen LogP contribution is 2.26. The summed E-state index contributed by atoms with van der Waals surface area (Å²) in [6.07, 6.45) is -8.47. The van der Waals surface area contributed by atoms with E-state index in [0.29, 0.717) is 0 Å². The first-order valence-electron chi connectivity index (χ1n) is 10.3. The summed E-state index contributed by atoms with van der Waals surface area (Å²) < 4.78 is 63.1. The quantitative estimate of drug-likeness (QED) is 0.470. The highest BCUT2D eigenvalue weighted by Gasteiger charge is 2.31. The Hall–Kier alpha value is -2.90. The first-order valence-corrected chi connectivity index (χ1v) is 6.27. The fourth-order valence-corrected chi connectivity index (χ4v) is 2.23. The highest BCUT2D eigenvalue weighted by molar-refractivity contribution is 6.03. The molecule has 1 unspecified atom stereocenters. The Morgan fingerprint density at radius 1 is 1.48 bits per heavy atom. The molecular weight excluding hydrogens is 302 g/mol. The number of hydrogen-bond donors (Lipinski definition) is 0. The molecule has 1 aliphatic rings. The van der Waals surface area contributed by atoms with Crippen LogP contribution in [0.2, 0.25) is 0 Å². The van der Waals surface area contributed by atoms with Gasteiger partial charge in [-0.05, 0) is 19.3 Å². The van der Waals surface area contributed by atoms with E-state index in [1.165, 1.54) is 0 Å². The molecule has 3 rings (SSSR count). The zero-order valence-corrected chi connectivity index (χ0v) is 11.3. The molecule has 0 radical (unpaired) electrons. The number of non-ortho nitro benzene ring substituents is 1. The van der Waals surface area contributed by atoms with E-state index in [-0.39, 0.29) is 4.57 Å². The molecule has 8 heteroatoms. The standard InChI is InChI=1S/C15H13N3O5/c1-8-16-10-3-2-4-12(18(22)23)14(10)15(21)17(8)11-6-5-9(19)7-13(11)20/h2-4,11H,5-7H2,1H3/i1D3,5D2,6D2,11D. The fourth-order valence-electron chi connectivity index (χ4n) is 2.23. The van der Waals surface area contributed by atoms with Crippen LogP contribution in [0.3, 0.4) is 0 Å². The van der Waals surface area contributed by atoms with Gasteiger partial charge in [0.05, 0.1) is 24.2 Å². The van der Waals surface area contributed by atoms with Gasteiger partial charge in [-0.3, -0.25) is 29.1 Å². The van der Waals surface area contributed by atoms with Crippen molar-refractivity contribution in [1.82, 2.24) is 9.55 Å². The normalized spacial score (nSPS) is 31.7. The molecule has 1 fully saturated rings. The molecule has 2 aromatic rings. The summed E-state index contributed by atoms with van der Waals surface area (Å²) in [6.45, 7) is -3.31. The van der Waals surface area contributed by atoms with Gasteiger partial charge in [0.15, 0.2) is 5.78 Å². The van der Waals surface area contributed by atoms with Gasteiger partial charge in [0.25, 0.3) is 11.2 Å². The first-order chi connectivity index (χ1) is 14.0. The number of nitrogens with zero attached hydrogens (tertiary/aromatic N) is 3. The summed E-state index contributed by atoms with van der Waals surface area (Å²) in [6, 6.07) is -0.489. The van der Waals surface area contributed by atoms with E-state index < -0.39 is 76.5 Å². The number of Topliss-reactive ketones (excluding diaryl/α,β-unsaturated/α-hetero) is 2. The zero-order chi connectivity index (χ0) is 23.7. The van der Waals surface area contributed by atoms with E-state index in [1.54, 1.807) is 0 Å². The Kier molecular flexibility index (Phi) is 1.89. The van der Waals surface area contributed by atoms with Crippen LogP contribution in [0, 0.1) is 17.0 Å². The fraction of sp³-hybridized carbons (Fsp3) is 0.333. The van der Waals surface area contributed by atoms with E-state index in [4.69, 9.17) is 11.0 Å². The molecule has 0 spiro atoms. The van der Waals surface area contributed by atoms with E-state index in [9.17, 15) is 24.5 Å². The van der Waals surface area contributed by atoms with E-state index in [1.807, 2.05) is 0 Å². The Bertz CT molecular complexity index is 1220. The third-order valence-corrected chi connectivity index (χ3v) is 3.20. The van der Waals surface area contributed by atoms with Crippen molar-refractivity contribution < 1.29 is 25.5 Å². The van der Waals surface area contributed by atoms with Gasteiger partial charge in [-0.25, -0.2) is 4.98 Å². The van der Waals surface area contributed by atoms with Gasteiger partial charge in [-0.15, -0.1) is 0 Å². The Labute approximate surface area is 141 Å². The van der Waals surface area contributed by atoms with Crippen molar-refractivity contribution in [3.05, 3.63) is 44.5 Å². The molecule has 1 aliphatic carbocycles. The second kappa shape index (κ2) is 5.38. The molecule has 1 heterocycles. The zero-order valence-electron chi connectivity index (χ0n) is 19.3. The molecule has 0 saturated heterocycles. The Balaban J connectivity index is 2.59. The van der Waals surface area contributed by atoms with Crippen LogP contribution in [0.25, 0.3) is 10.9 Å². The molecule has 1 aromatic heterocycles. The first kappa shape index (κ1) is 8.09. The van der Waals surface area contributed by atoms with Crippen LogP contribution in [0.4, 0.5) is 5.69 Å². The van der Waals surface area contributed by atoms with Crippen LogP contribution in [0.5, 0.6) is 0 Å². The number of nitro groups is 1. The number of ketones is 2. The van der Waals surface area contributed by atoms with Gasteiger partial charge < -0.3 is 0 Å². The molecule has 118 valence electrons. The van der Waals surface area contributed by atoms with Crippen molar-refractivity contribution >= 4 is 28.2 Å². The lowest BCUT2D eigenvalue weighted by Gasteiger charge is -2.23. The number of nitro benzene ring substituents is 1. The van der Waals surface area contributed by atoms with Gasteiger partial charge in [0.1, 0.15) is 17.0 Å². The van der Waals surface area contributed by atoms with E-state index >= 15 is 0 Å². The number of benzene rings is 1. The number of aryl methyl sites for hydroxylation is 1. The maximum atomic E-state index is 13.3. The maximum absolute atomic E-state index is 13.3. The number of carbonyl (C=O) groups is 2. The molecular formula is C15H13N3O5. The third-order valence-electron chi connectivity index (χ3n) is 3.20. The molecule has 0 amide bonds. The number of aromatic nitrogens is 2. The average Bonchev–Trinajstić information content (AvgIpc) is 2.64. The lowest BCUT2D eigenvalue weighted by Crippen LogP contribution is -2.36. The van der Waals surface area contributed by atoms with Crippen LogP contribution >= 0.6 is 0 Å². The SMILES string of the molecule is [2H]C([2H])([2H])c1nc2cccc([N+](=O)[O-])c2c(=O)n1C1([2H])C(=O)CC(=O)C([2H])([2H])C1([2H])[2H]. The van der Waals surface area contributed by atoms with Crippen LogP contribution in [-0.4, -0.2) is 26.0 Å². The molecule has 0 N–H and O–H groups in total. The molecule has 0 aliphatic heterocycles. The second-order valence-electron chi connectivity index (χ2n) is 4.63. The van der Waals surface area contributed by atoms with Crippen molar-refractivity contribution in [2.45, 2.75) is 32.0 Å². The van der Waals surface area contributed by atoms with Crippen LogP contribution < -0.4 is 5.56 Å². The number of fused-ring (bicyclic) bond motifs is 1. The smallest absolute Gasteiger partial charge is 0.284 e. The van der Waals surface area contributed by atoms with Crippen molar-refractivity contribution in [2.75, 3.05) is 0 Å². The van der Waals surface area contributed by atoms with Crippen LogP contribution in [0.15, 0.2) is 23.0 Å². The predicted molar refractivity (Wildman–Crippen MR) is 80.3 cm³/mol. The molecule has 8 nitrogen and oxygen atoms in total. The Morgan fingerprint density at radius 3 is 2.96 bits per heavy atom. The molecule has 1 aromatic carbocycles. The highest BCUT2D eigenvalue weighted by atomic mass is 16.6. The molecule has 1 atom stereocenters. The largest absolute Gasteiger partial charge is 0.299 e. The number of carbonyl (C=O) groups excluding carboxylic acids is 2. The van der Waals surface area contributed by atoms with Crippen LogP contribution in [-0.2, 0) is 9.59 Å². The Morgan fingerprint density at radius 2 is 2.26 bits per heavy atom. The summed E-state index contributed by atoms with van der Waals surface area (Å²) in [7, 11) is 0. The average molecular weight is 323 g/mol. The number of hydrogen-bond acceptors (Lipinski definition) is 6. The van der Waals surface area contributed by atoms with Gasteiger partial charge in [-0.1, -0.05) is 6.07 Å². The van der Waals surface area contributed by atoms with Gasteiger partial charge in [0.2, 0.25) is 0 Å². The van der Waals surface area contributed by atoms with Crippen molar-refractivity contribution in [1.29, 1.82) is 0 Å². The minimum atomic E-state index is -3.73. The van der Waals surface area contributed by atoms with Gasteiger partial charge in [-0.2, -0.15) is 0 Å². The molecule has 1 saturated carbocycles. The lowest BCUT2D eigenvalue weighted by atomic mass is 9.92. The number of rotatable bonds is 2. The minimum absolute atomic E-state index is 0.179. The summed E-state index contributed by atoms with van der Waals surface area (Å²) >= 11 is 0. The monoisotopic (exact) mass is 323 g/mol. The third kappa shape index (κ3) is 2.41. The lowest BCUT2D eigenvalue weighted by molar-refractivity contribution is -0.383. The summed E-state index contributed by atoms with van der Waals surface area (Å²) in [5.74, 6) is -4.33. The van der Waals surface area contributed by atoms with Crippen molar-refractivity contribution in [2.24, 2.45) is 0 Å². The maximum Gasteiger partial charge on any atom is 0.284 e. The summed E-state index contributed by atoms with van der Waals surface area (Å²) in [5.41, 5.74) is -2.89. The van der Waals surface area contributed by atoms with E-state index in [2.05, 4.69) is 4.98 Å². The second-order valence-corrected chi connectivity index (χ2v) is 4.63. The topological polar surface area (TPSA) is 112 Å². The van der Waals surface area contributed by atoms with Crippen molar-refractivity contribution in [3.63, 3.8) is 0 Å². The molecule has 0 bridgehead atoms. The summed E-state index contributed by atoms with van der Waals surface area (Å²) in [4.78, 5) is 52.0. The summed E-state index contributed by atoms with van der Waals surface area (Å²) in [5, 5.41) is 10.6. The minimum Gasteiger partial charge on any atom is -0.299 e. The van der Waals surface area contributed by atoms with Crippen molar-refractivity contribution in [3.8, 4) is 0 Å². The van der Waals surface area contributed by atoms with Gasteiger partial charge >= 0.3 is 0 Å².